The molecule has 1 aliphatic carbocycles. The van der Waals surface area contributed by atoms with E-state index < -0.39 is 0 Å². The quantitative estimate of drug-likeness (QED) is 0.774. The van der Waals surface area contributed by atoms with E-state index in [2.05, 4.69) is 34.2 Å². The first-order chi connectivity index (χ1) is 8.74. The molecule has 1 N–H and O–H groups in total. The normalized spacial score (nSPS) is 16.7. The van der Waals surface area contributed by atoms with Crippen LogP contribution in [-0.2, 0) is 0 Å². The third kappa shape index (κ3) is 3.01. The minimum absolute atomic E-state index is 0.0167. The highest BCUT2D eigenvalue weighted by Gasteiger charge is 2.23. The second-order valence-corrected chi connectivity index (χ2v) is 5.55. The number of hydrogen-bond acceptors (Lipinski definition) is 1. The minimum atomic E-state index is -0.134. The van der Waals surface area contributed by atoms with Crippen LogP contribution in [0.4, 0.5) is 4.39 Å². The van der Waals surface area contributed by atoms with E-state index in [1.165, 1.54) is 18.1 Å². The van der Waals surface area contributed by atoms with Gasteiger partial charge >= 0.3 is 0 Å². The number of rotatable bonds is 5. The third-order valence-electron chi connectivity index (χ3n) is 3.33. The fourth-order valence-corrected chi connectivity index (χ4v) is 3.02. The van der Waals surface area contributed by atoms with E-state index in [-0.39, 0.29) is 11.9 Å². The highest BCUT2D eigenvalue weighted by atomic mass is 79.9. The van der Waals surface area contributed by atoms with Gasteiger partial charge in [0.2, 0.25) is 0 Å². The second-order valence-electron chi connectivity index (χ2n) is 4.69. The smallest absolute Gasteiger partial charge is 0.129 e. The minimum Gasteiger partial charge on any atom is -0.306 e. The van der Waals surface area contributed by atoms with Crippen LogP contribution in [0.3, 0.4) is 0 Å². The molecule has 2 rings (SSSR count). The summed E-state index contributed by atoms with van der Waals surface area (Å²) in [5.41, 5.74) is 2.08. The van der Waals surface area contributed by atoms with Crippen LogP contribution in [0.15, 0.2) is 34.3 Å². The zero-order chi connectivity index (χ0) is 13.0. The lowest BCUT2D eigenvalue weighted by molar-refractivity contribution is 0.532. The van der Waals surface area contributed by atoms with Gasteiger partial charge in [-0.2, -0.15) is 0 Å². The van der Waals surface area contributed by atoms with Crippen molar-refractivity contribution in [3.63, 3.8) is 0 Å². The first-order valence-electron chi connectivity index (χ1n) is 6.60. The fourth-order valence-electron chi connectivity index (χ4n) is 2.45. The van der Waals surface area contributed by atoms with Gasteiger partial charge in [0, 0.05) is 10.0 Å². The molecule has 98 valence electrons. The molecule has 0 saturated heterocycles. The summed E-state index contributed by atoms with van der Waals surface area (Å²) in [7, 11) is 0. The number of allylic oxidation sites excluding steroid dienone is 1. The fraction of sp³-hybridized carbons (Fsp3) is 0.467. The maximum Gasteiger partial charge on any atom is 0.129 e. The monoisotopic (exact) mass is 311 g/mol. The molecule has 3 heteroatoms. The lowest BCUT2D eigenvalue weighted by atomic mass is 9.97. The summed E-state index contributed by atoms with van der Waals surface area (Å²) >= 11 is 3.48. The van der Waals surface area contributed by atoms with E-state index in [0.29, 0.717) is 0 Å². The molecule has 0 spiro atoms. The van der Waals surface area contributed by atoms with Crippen LogP contribution >= 0.6 is 15.9 Å². The molecule has 1 aromatic rings. The first-order valence-corrected chi connectivity index (χ1v) is 7.39. The maximum absolute atomic E-state index is 14.1. The highest BCUT2D eigenvalue weighted by molar-refractivity contribution is 9.10. The second kappa shape index (κ2) is 6.48. The van der Waals surface area contributed by atoms with Gasteiger partial charge in [-0.3, -0.25) is 0 Å². The Bertz CT molecular complexity index is 422. The molecule has 0 saturated carbocycles. The standard InChI is InChI=1S/C15H19BrFN/c1-2-10-18-15(11-6-3-4-7-11)14-12(16)8-5-9-13(14)17/h5-6,8-9,15,18H,2-4,7,10H2,1H3. The largest absolute Gasteiger partial charge is 0.306 e. The number of nitrogens with one attached hydrogen (secondary N) is 1. The molecule has 0 heterocycles. The molecule has 0 bridgehead atoms. The summed E-state index contributed by atoms with van der Waals surface area (Å²) in [4.78, 5) is 0. The van der Waals surface area contributed by atoms with Gasteiger partial charge in [-0.1, -0.05) is 40.6 Å². The van der Waals surface area contributed by atoms with E-state index in [1.54, 1.807) is 6.07 Å². The lowest BCUT2D eigenvalue weighted by Gasteiger charge is -2.22. The Hall–Kier alpha value is -0.670. The van der Waals surface area contributed by atoms with E-state index in [1.807, 2.05) is 6.07 Å². The highest BCUT2D eigenvalue weighted by Crippen LogP contribution is 2.35. The first kappa shape index (κ1) is 13.8. The summed E-state index contributed by atoms with van der Waals surface area (Å²) in [6, 6.07) is 5.20. The van der Waals surface area contributed by atoms with Gasteiger partial charge in [-0.05, 0) is 44.4 Å². The zero-order valence-corrected chi connectivity index (χ0v) is 12.3. The van der Waals surface area contributed by atoms with Crippen molar-refractivity contribution in [3.05, 3.63) is 45.7 Å². The summed E-state index contributed by atoms with van der Waals surface area (Å²) in [5, 5.41) is 3.47. The summed E-state index contributed by atoms with van der Waals surface area (Å²) in [6.07, 6.45) is 6.68. The van der Waals surface area contributed by atoms with E-state index in [9.17, 15) is 4.39 Å². The van der Waals surface area contributed by atoms with Crippen LogP contribution in [0.2, 0.25) is 0 Å². The van der Waals surface area contributed by atoms with Crippen LogP contribution in [0.25, 0.3) is 0 Å². The van der Waals surface area contributed by atoms with Crippen molar-refractivity contribution in [1.82, 2.24) is 5.32 Å². The van der Waals surface area contributed by atoms with E-state index in [0.717, 1.165) is 35.8 Å². The van der Waals surface area contributed by atoms with E-state index >= 15 is 0 Å². The van der Waals surface area contributed by atoms with Crippen molar-refractivity contribution < 1.29 is 4.39 Å². The van der Waals surface area contributed by atoms with Crippen LogP contribution in [-0.4, -0.2) is 6.54 Å². The van der Waals surface area contributed by atoms with Crippen LogP contribution < -0.4 is 5.32 Å². The molecule has 0 aliphatic heterocycles. The van der Waals surface area contributed by atoms with Gasteiger partial charge in [0.25, 0.3) is 0 Å². The molecule has 0 amide bonds. The molecule has 1 aliphatic rings. The Morgan fingerprint density at radius 3 is 2.89 bits per heavy atom. The SMILES string of the molecule is CCCNC(C1=CCCC1)c1c(F)cccc1Br. The molecule has 18 heavy (non-hydrogen) atoms. The Kier molecular flexibility index (Phi) is 4.95. The molecule has 1 nitrogen and oxygen atoms in total. The lowest BCUT2D eigenvalue weighted by Crippen LogP contribution is -2.24. The van der Waals surface area contributed by atoms with Crippen molar-refractivity contribution in [2.45, 2.75) is 38.6 Å². The molecular weight excluding hydrogens is 293 g/mol. The molecule has 0 fully saturated rings. The molecule has 1 atom stereocenters. The predicted octanol–water partition coefficient (Wildman–Crippen LogP) is 4.74. The molecule has 0 radical (unpaired) electrons. The average molecular weight is 312 g/mol. The van der Waals surface area contributed by atoms with Gasteiger partial charge in [-0.25, -0.2) is 4.39 Å². The van der Waals surface area contributed by atoms with Crippen molar-refractivity contribution in [2.24, 2.45) is 0 Å². The zero-order valence-electron chi connectivity index (χ0n) is 10.7. The Balaban J connectivity index is 2.33. The average Bonchev–Trinajstić information content (AvgIpc) is 2.86. The van der Waals surface area contributed by atoms with Crippen molar-refractivity contribution in [3.8, 4) is 0 Å². The van der Waals surface area contributed by atoms with Gasteiger partial charge < -0.3 is 5.32 Å². The maximum atomic E-state index is 14.1. The van der Waals surface area contributed by atoms with Crippen LogP contribution in [0.1, 0.15) is 44.2 Å². The Morgan fingerprint density at radius 2 is 2.28 bits per heavy atom. The van der Waals surface area contributed by atoms with Crippen molar-refractivity contribution in [2.75, 3.05) is 6.54 Å². The molecular formula is C15H19BrFN. The summed E-state index contributed by atoms with van der Waals surface area (Å²) < 4.78 is 14.9. The van der Waals surface area contributed by atoms with Crippen LogP contribution in [0.5, 0.6) is 0 Å². The van der Waals surface area contributed by atoms with Crippen molar-refractivity contribution >= 4 is 15.9 Å². The van der Waals surface area contributed by atoms with Gasteiger partial charge in [0.05, 0.1) is 6.04 Å². The summed E-state index contributed by atoms with van der Waals surface area (Å²) in [5.74, 6) is -0.134. The number of halogens is 2. The van der Waals surface area contributed by atoms with Gasteiger partial charge in [0.1, 0.15) is 5.82 Å². The van der Waals surface area contributed by atoms with Crippen molar-refractivity contribution in [1.29, 1.82) is 0 Å². The third-order valence-corrected chi connectivity index (χ3v) is 4.03. The Morgan fingerprint density at radius 1 is 1.44 bits per heavy atom. The van der Waals surface area contributed by atoms with Crippen LogP contribution in [0, 0.1) is 5.82 Å². The number of benzene rings is 1. The Labute approximate surface area is 117 Å². The summed E-state index contributed by atoms with van der Waals surface area (Å²) in [6.45, 7) is 3.03. The molecule has 0 aromatic heterocycles. The van der Waals surface area contributed by atoms with Gasteiger partial charge in [-0.15, -0.1) is 0 Å². The number of hydrogen-bond donors (Lipinski definition) is 1. The van der Waals surface area contributed by atoms with Gasteiger partial charge in [0.15, 0.2) is 0 Å². The predicted molar refractivity (Wildman–Crippen MR) is 77.1 cm³/mol. The topological polar surface area (TPSA) is 12.0 Å². The molecule has 1 unspecified atom stereocenters. The molecule has 1 aromatic carbocycles. The van der Waals surface area contributed by atoms with E-state index in [4.69, 9.17) is 0 Å².